The molecule has 1 amide bonds. The Balaban J connectivity index is 1.64. The number of halogens is 1. The van der Waals surface area contributed by atoms with E-state index in [0.29, 0.717) is 12.0 Å². The third kappa shape index (κ3) is 2.84. The van der Waals surface area contributed by atoms with E-state index in [1.54, 1.807) is 0 Å². The lowest BCUT2D eigenvalue weighted by atomic mass is 9.85. The Labute approximate surface area is 122 Å². The number of fused-ring (bicyclic) bond motifs is 1. The summed E-state index contributed by atoms with van der Waals surface area (Å²) in [6, 6.07) is 8.27. The molecule has 1 aliphatic heterocycles. The van der Waals surface area contributed by atoms with Gasteiger partial charge in [0.2, 0.25) is 5.91 Å². The zero-order valence-electron chi connectivity index (χ0n) is 10.9. The highest BCUT2D eigenvalue weighted by Crippen LogP contribution is 2.33. The fraction of sp³-hybridized carbons (Fsp3) is 0.533. The van der Waals surface area contributed by atoms with Crippen molar-refractivity contribution in [2.45, 2.75) is 44.2 Å². The van der Waals surface area contributed by atoms with Gasteiger partial charge < -0.3 is 10.6 Å². The van der Waals surface area contributed by atoms with Crippen LogP contribution in [0.4, 0.5) is 5.69 Å². The highest BCUT2D eigenvalue weighted by Gasteiger charge is 2.38. The predicted molar refractivity (Wildman–Crippen MR) is 80.1 cm³/mol. The van der Waals surface area contributed by atoms with Gasteiger partial charge in [-0.2, -0.15) is 0 Å². The number of rotatable bonds is 2. The summed E-state index contributed by atoms with van der Waals surface area (Å²) in [7, 11) is 0. The number of hydrogen-bond acceptors (Lipinski definition) is 2. The molecule has 1 saturated carbocycles. The molecule has 2 aliphatic rings. The minimum Gasteiger partial charge on any atom is -0.324 e. The zero-order valence-corrected chi connectivity index (χ0v) is 12.4. The van der Waals surface area contributed by atoms with Crippen LogP contribution in [0.5, 0.6) is 0 Å². The molecule has 0 aromatic heterocycles. The molecule has 1 saturated heterocycles. The van der Waals surface area contributed by atoms with Crippen LogP contribution < -0.4 is 10.6 Å². The standard InChI is InChI=1S/C15H19BrN2O/c16-11-6-2-4-8-13(11)18-15(19)14-9-10-5-1-3-7-12(10)17-14/h2,4,6,8,10,12,14,17H,1,3,5,7,9H2,(H,18,19). The van der Waals surface area contributed by atoms with Gasteiger partial charge in [-0.1, -0.05) is 25.0 Å². The first kappa shape index (κ1) is 13.1. The second-order valence-corrected chi connectivity index (χ2v) is 6.43. The maximum absolute atomic E-state index is 12.3. The maximum Gasteiger partial charge on any atom is 0.241 e. The molecule has 102 valence electrons. The van der Waals surface area contributed by atoms with Gasteiger partial charge in [-0.15, -0.1) is 0 Å². The monoisotopic (exact) mass is 322 g/mol. The van der Waals surface area contributed by atoms with Gasteiger partial charge in [0.15, 0.2) is 0 Å². The Bertz CT molecular complexity index is 463. The quantitative estimate of drug-likeness (QED) is 0.877. The SMILES string of the molecule is O=C(Nc1ccccc1Br)C1CC2CCCCC2N1. The molecule has 1 aromatic carbocycles. The molecule has 3 unspecified atom stereocenters. The van der Waals surface area contributed by atoms with Gasteiger partial charge in [-0.05, 0) is 53.2 Å². The van der Waals surface area contributed by atoms with Crippen molar-refractivity contribution in [3.05, 3.63) is 28.7 Å². The van der Waals surface area contributed by atoms with Crippen LogP contribution in [-0.4, -0.2) is 18.0 Å². The molecule has 0 bridgehead atoms. The first-order chi connectivity index (χ1) is 9.24. The van der Waals surface area contributed by atoms with Crippen LogP contribution in [0.15, 0.2) is 28.7 Å². The average molecular weight is 323 g/mol. The number of para-hydroxylation sites is 1. The molecule has 1 heterocycles. The van der Waals surface area contributed by atoms with Crippen molar-refractivity contribution in [3.63, 3.8) is 0 Å². The lowest BCUT2D eigenvalue weighted by molar-refractivity contribution is -0.117. The van der Waals surface area contributed by atoms with Crippen molar-refractivity contribution in [2.75, 3.05) is 5.32 Å². The molecule has 1 aliphatic carbocycles. The van der Waals surface area contributed by atoms with E-state index in [4.69, 9.17) is 0 Å². The van der Waals surface area contributed by atoms with Gasteiger partial charge in [-0.25, -0.2) is 0 Å². The van der Waals surface area contributed by atoms with Crippen molar-refractivity contribution >= 4 is 27.5 Å². The van der Waals surface area contributed by atoms with E-state index < -0.39 is 0 Å². The first-order valence-electron chi connectivity index (χ1n) is 7.05. The molecule has 3 rings (SSSR count). The van der Waals surface area contributed by atoms with Crippen LogP contribution in [0.2, 0.25) is 0 Å². The number of amides is 1. The third-order valence-electron chi connectivity index (χ3n) is 4.31. The second kappa shape index (κ2) is 5.63. The molecule has 19 heavy (non-hydrogen) atoms. The Morgan fingerprint density at radius 1 is 1.26 bits per heavy atom. The number of nitrogens with one attached hydrogen (secondary N) is 2. The molecule has 1 aromatic rings. The summed E-state index contributed by atoms with van der Waals surface area (Å²) in [5.74, 6) is 0.796. The molecular formula is C15H19BrN2O. The zero-order chi connectivity index (χ0) is 13.2. The summed E-state index contributed by atoms with van der Waals surface area (Å²) in [6.45, 7) is 0. The van der Waals surface area contributed by atoms with Crippen LogP contribution >= 0.6 is 15.9 Å². The average Bonchev–Trinajstić information content (AvgIpc) is 2.85. The van der Waals surface area contributed by atoms with Gasteiger partial charge >= 0.3 is 0 Å². The second-order valence-electron chi connectivity index (χ2n) is 5.58. The highest BCUT2D eigenvalue weighted by atomic mass is 79.9. The van der Waals surface area contributed by atoms with Crippen molar-refractivity contribution in [2.24, 2.45) is 5.92 Å². The van der Waals surface area contributed by atoms with Crippen molar-refractivity contribution < 1.29 is 4.79 Å². The van der Waals surface area contributed by atoms with Crippen molar-refractivity contribution in [1.29, 1.82) is 0 Å². The number of anilines is 1. The molecule has 0 radical (unpaired) electrons. The van der Waals surface area contributed by atoms with Gasteiger partial charge in [0.1, 0.15) is 0 Å². The van der Waals surface area contributed by atoms with E-state index in [2.05, 4.69) is 26.6 Å². The van der Waals surface area contributed by atoms with Crippen LogP contribution in [0.1, 0.15) is 32.1 Å². The molecule has 3 nitrogen and oxygen atoms in total. The number of benzene rings is 1. The Kier molecular flexibility index (Phi) is 3.89. The normalized spacial score (nSPS) is 29.8. The van der Waals surface area contributed by atoms with Gasteiger partial charge in [0, 0.05) is 10.5 Å². The van der Waals surface area contributed by atoms with Crippen molar-refractivity contribution in [1.82, 2.24) is 5.32 Å². The summed E-state index contributed by atoms with van der Waals surface area (Å²) >= 11 is 3.46. The van der Waals surface area contributed by atoms with E-state index in [-0.39, 0.29) is 11.9 Å². The summed E-state index contributed by atoms with van der Waals surface area (Å²) in [4.78, 5) is 12.3. The minimum absolute atomic E-state index is 0.0276. The summed E-state index contributed by atoms with van der Waals surface area (Å²) in [5, 5.41) is 6.52. The molecule has 2 fully saturated rings. The molecule has 3 atom stereocenters. The minimum atomic E-state index is -0.0276. The van der Waals surface area contributed by atoms with Crippen LogP contribution in [0.3, 0.4) is 0 Å². The molecule has 2 N–H and O–H groups in total. The summed E-state index contributed by atoms with van der Waals surface area (Å²) in [6.07, 6.45) is 6.11. The number of hydrogen-bond donors (Lipinski definition) is 2. The number of carbonyl (C=O) groups is 1. The fourth-order valence-corrected chi connectivity index (χ4v) is 3.69. The maximum atomic E-state index is 12.3. The van der Waals surface area contributed by atoms with E-state index in [9.17, 15) is 4.79 Å². The van der Waals surface area contributed by atoms with Gasteiger partial charge in [0.25, 0.3) is 0 Å². The van der Waals surface area contributed by atoms with E-state index in [0.717, 1.165) is 16.6 Å². The van der Waals surface area contributed by atoms with E-state index >= 15 is 0 Å². The fourth-order valence-electron chi connectivity index (χ4n) is 3.30. The third-order valence-corrected chi connectivity index (χ3v) is 5.00. The molecule has 0 spiro atoms. The Morgan fingerprint density at radius 2 is 2.05 bits per heavy atom. The van der Waals surface area contributed by atoms with Crippen LogP contribution in [0.25, 0.3) is 0 Å². The first-order valence-corrected chi connectivity index (χ1v) is 7.85. The Morgan fingerprint density at radius 3 is 2.84 bits per heavy atom. The van der Waals surface area contributed by atoms with Crippen LogP contribution in [-0.2, 0) is 4.79 Å². The number of carbonyl (C=O) groups excluding carboxylic acids is 1. The highest BCUT2D eigenvalue weighted by molar-refractivity contribution is 9.10. The lowest BCUT2D eigenvalue weighted by Crippen LogP contribution is -2.39. The van der Waals surface area contributed by atoms with Crippen LogP contribution in [0, 0.1) is 5.92 Å². The van der Waals surface area contributed by atoms with Crippen molar-refractivity contribution in [3.8, 4) is 0 Å². The summed E-state index contributed by atoms with van der Waals surface area (Å²) < 4.78 is 0.929. The predicted octanol–water partition coefficient (Wildman–Crippen LogP) is 3.31. The van der Waals surface area contributed by atoms with E-state index in [1.165, 1.54) is 25.7 Å². The van der Waals surface area contributed by atoms with E-state index in [1.807, 2.05) is 24.3 Å². The van der Waals surface area contributed by atoms with Gasteiger partial charge in [-0.3, -0.25) is 4.79 Å². The lowest BCUT2D eigenvalue weighted by Gasteiger charge is -2.24. The largest absolute Gasteiger partial charge is 0.324 e. The molecule has 4 heteroatoms. The smallest absolute Gasteiger partial charge is 0.241 e. The molecular weight excluding hydrogens is 304 g/mol. The van der Waals surface area contributed by atoms with Gasteiger partial charge in [0.05, 0.1) is 11.7 Å². The Hall–Kier alpha value is -0.870. The summed E-state index contributed by atoms with van der Waals surface area (Å²) in [5.41, 5.74) is 0.851. The topological polar surface area (TPSA) is 41.1 Å².